The summed E-state index contributed by atoms with van der Waals surface area (Å²) in [5.74, 6) is -2.21. The number of halogens is 2. The molecule has 0 spiro atoms. The molecule has 2 aromatic heterocycles. The molecule has 3 heterocycles. The Balaban J connectivity index is 1.58. The normalized spacial score (nSPS) is 19.1. The Morgan fingerprint density at radius 3 is 2.60 bits per heavy atom. The number of morpholine rings is 1. The molecule has 1 aromatic carbocycles. The van der Waals surface area contributed by atoms with E-state index in [2.05, 4.69) is 4.98 Å². The third kappa shape index (κ3) is 4.01. The van der Waals surface area contributed by atoms with Crippen LogP contribution in [-0.4, -0.2) is 59.2 Å². The molecular formula is C25H26F2N4O4. The van der Waals surface area contributed by atoms with E-state index in [0.29, 0.717) is 37.3 Å². The van der Waals surface area contributed by atoms with Crippen LogP contribution in [0.5, 0.6) is 0 Å². The molecule has 3 aromatic rings. The maximum atomic E-state index is 15.5. The summed E-state index contributed by atoms with van der Waals surface area (Å²) in [6.45, 7) is 2.89. The summed E-state index contributed by atoms with van der Waals surface area (Å²) < 4.78 is 43.4. The molecule has 2 amide bonds. The van der Waals surface area contributed by atoms with Crippen molar-refractivity contribution in [3.63, 3.8) is 0 Å². The number of hydrogen-bond acceptors (Lipinski definition) is 5. The molecule has 0 unspecified atom stereocenters. The van der Waals surface area contributed by atoms with Gasteiger partial charge in [-0.2, -0.15) is 0 Å². The van der Waals surface area contributed by atoms with Gasteiger partial charge in [-0.05, 0) is 55.2 Å². The van der Waals surface area contributed by atoms with E-state index in [1.54, 1.807) is 10.6 Å². The number of primary amides is 1. The number of benzene rings is 1. The molecule has 10 heteroatoms. The Morgan fingerprint density at radius 1 is 1.26 bits per heavy atom. The molecule has 0 radical (unpaired) electrons. The lowest BCUT2D eigenvalue weighted by molar-refractivity contribution is -0.120. The van der Waals surface area contributed by atoms with Gasteiger partial charge in [0.1, 0.15) is 17.3 Å². The van der Waals surface area contributed by atoms with Crippen LogP contribution in [0.2, 0.25) is 0 Å². The Bertz CT molecular complexity index is 1310. The van der Waals surface area contributed by atoms with Crippen LogP contribution in [0.25, 0.3) is 16.9 Å². The lowest BCUT2D eigenvalue weighted by Gasteiger charge is -2.32. The molecule has 5 rings (SSSR count). The average Bonchev–Trinajstić information content (AvgIpc) is 3.58. The van der Waals surface area contributed by atoms with Crippen LogP contribution in [0.4, 0.5) is 13.6 Å². The third-order valence-electron chi connectivity index (χ3n) is 6.93. The van der Waals surface area contributed by atoms with E-state index in [4.69, 9.17) is 15.2 Å². The van der Waals surface area contributed by atoms with Crippen LogP contribution in [0, 0.1) is 18.6 Å². The molecule has 1 aliphatic carbocycles. The molecule has 35 heavy (non-hydrogen) atoms. The predicted molar refractivity (Wildman–Crippen MR) is 123 cm³/mol. The molecule has 8 nitrogen and oxygen atoms in total. The number of methoxy groups -OCH3 is 1. The number of amides is 2. The maximum absolute atomic E-state index is 15.5. The van der Waals surface area contributed by atoms with Crippen LogP contribution >= 0.6 is 0 Å². The first-order valence-electron chi connectivity index (χ1n) is 11.5. The van der Waals surface area contributed by atoms with Crippen molar-refractivity contribution in [2.75, 3.05) is 26.8 Å². The fourth-order valence-electron chi connectivity index (χ4n) is 4.82. The van der Waals surface area contributed by atoms with Gasteiger partial charge in [0.05, 0.1) is 48.7 Å². The molecule has 1 atom stereocenters. The van der Waals surface area contributed by atoms with Gasteiger partial charge < -0.3 is 24.5 Å². The van der Waals surface area contributed by atoms with Crippen molar-refractivity contribution >= 4 is 17.6 Å². The number of carbonyl (C=O) groups excluding carboxylic acids is 2. The first kappa shape index (κ1) is 23.2. The summed E-state index contributed by atoms with van der Waals surface area (Å²) in [5.41, 5.74) is 6.65. The minimum Gasteiger partial charge on any atom is -0.453 e. The highest BCUT2D eigenvalue weighted by molar-refractivity contribution is 5.90. The molecule has 2 fully saturated rings. The molecule has 2 aliphatic rings. The van der Waals surface area contributed by atoms with Crippen molar-refractivity contribution in [1.82, 2.24) is 14.3 Å². The number of carbonyl (C=O) groups is 2. The van der Waals surface area contributed by atoms with Crippen LogP contribution < -0.4 is 5.73 Å². The highest BCUT2D eigenvalue weighted by atomic mass is 19.1. The SMILES string of the molecule is COC(=O)N1CCO[C@@H](Cc2c(-c3c(F)cc(C4(C(N)=O)CC4)cc3F)nc3cc(C)ccn23)C1. The lowest BCUT2D eigenvalue weighted by atomic mass is 9.92. The van der Waals surface area contributed by atoms with Gasteiger partial charge in [-0.15, -0.1) is 0 Å². The molecule has 2 N–H and O–H groups in total. The van der Waals surface area contributed by atoms with Gasteiger partial charge in [-0.1, -0.05) is 0 Å². The van der Waals surface area contributed by atoms with Gasteiger partial charge in [0.2, 0.25) is 5.91 Å². The number of aryl methyl sites for hydroxylation is 1. The second kappa shape index (κ2) is 8.60. The van der Waals surface area contributed by atoms with Gasteiger partial charge >= 0.3 is 6.09 Å². The standard InChI is InChI=1S/C25H26F2N4O4/c1-14-3-6-31-19(12-16-13-30(7-8-35-16)24(33)34-2)22(29-20(31)9-14)21-17(26)10-15(11-18(21)27)25(4-5-25)23(28)32/h3,6,9-11,16H,4-5,7-8,12-13H2,1-2H3,(H2,28,32)/t16-/m0/s1. The van der Waals surface area contributed by atoms with Crippen LogP contribution in [0.15, 0.2) is 30.5 Å². The molecule has 1 aliphatic heterocycles. The van der Waals surface area contributed by atoms with E-state index < -0.39 is 35.2 Å². The van der Waals surface area contributed by atoms with E-state index in [0.717, 1.165) is 5.56 Å². The number of aromatic nitrogens is 2. The van der Waals surface area contributed by atoms with E-state index in [1.165, 1.54) is 24.1 Å². The number of nitrogens with two attached hydrogens (primary N) is 1. The Labute approximate surface area is 200 Å². The molecule has 184 valence electrons. The number of pyridine rings is 1. The fourth-order valence-corrected chi connectivity index (χ4v) is 4.82. The predicted octanol–water partition coefficient (Wildman–Crippen LogP) is 3.11. The monoisotopic (exact) mass is 484 g/mol. The molecular weight excluding hydrogens is 458 g/mol. The average molecular weight is 485 g/mol. The second-order valence-electron chi connectivity index (χ2n) is 9.21. The quantitative estimate of drug-likeness (QED) is 0.600. The topological polar surface area (TPSA) is 99.2 Å². The van der Waals surface area contributed by atoms with E-state index in [-0.39, 0.29) is 29.8 Å². The number of fused-ring (bicyclic) bond motifs is 1. The van der Waals surface area contributed by atoms with Crippen molar-refractivity contribution in [3.8, 4) is 11.3 Å². The van der Waals surface area contributed by atoms with Gasteiger partial charge in [0.15, 0.2) is 0 Å². The summed E-state index contributed by atoms with van der Waals surface area (Å²) >= 11 is 0. The number of hydrogen-bond donors (Lipinski definition) is 1. The van der Waals surface area contributed by atoms with Crippen LogP contribution in [0.3, 0.4) is 0 Å². The van der Waals surface area contributed by atoms with Gasteiger partial charge in [-0.3, -0.25) is 4.79 Å². The molecule has 1 saturated heterocycles. The Morgan fingerprint density at radius 2 is 1.97 bits per heavy atom. The van der Waals surface area contributed by atoms with Crippen molar-refractivity contribution in [2.45, 2.75) is 37.7 Å². The summed E-state index contributed by atoms with van der Waals surface area (Å²) in [7, 11) is 1.32. The second-order valence-corrected chi connectivity index (χ2v) is 9.21. The lowest BCUT2D eigenvalue weighted by Crippen LogP contribution is -2.46. The van der Waals surface area contributed by atoms with Gasteiger partial charge in [0, 0.05) is 19.2 Å². The number of imidazole rings is 1. The van der Waals surface area contributed by atoms with Crippen molar-refractivity contribution in [1.29, 1.82) is 0 Å². The largest absolute Gasteiger partial charge is 0.453 e. The molecule has 0 bridgehead atoms. The van der Waals surface area contributed by atoms with E-state index in [1.807, 2.05) is 19.1 Å². The Kier molecular flexibility index (Phi) is 5.71. The van der Waals surface area contributed by atoms with Gasteiger partial charge in [0.25, 0.3) is 0 Å². The zero-order valence-electron chi connectivity index (χ0n) is 19.5. The first-order chi connectivity index (χ1) is 16.7. The number of ether oxygens (including phenoxy) is 2. The van der Waals surface area contributed by atoms with E-state index >= 15 is 8.78 Å². The van der Waals surface area contributed by atoms with Gasteiger partial charge in [-0.25, -0.2) is 18.6 Å². The summed E-state index contributed by atoms with van der Waals surface area (Å²) in [5, 5.41) is 0. The third-order valence-corrected chi connectivity index (χ3v) is 6.93. The summed E-state index contributed by atoms with van der Waals surface area (Å²) in [4.78, 5) is 30.0. The highest BCUT2D eigenvalue weighted by Crippen LogP contribution is 2.49. The summed E-state index contributed by atoms with van der Waals surface area (Å²) in [6, 6.07) is 6.08. The fraction of sp³-hybridized carbons (Fsp3) is 0.400. The van der Waals surface area contributed by atoms with Crippen molar-refractivity contribution < 1.29 is 27.8 Å². The summed E-state index contributed by atoms with van der Waals surface area (Å²) in [6.07, 6.45) is 2.12. The maximum Gasteiger partial charge on any atom is 0.409 e. The van der Waals surface area contributed by atoms with Crippen LogP contribution in [-0.2, 0) is 26.1 Å². The molecule has 1 saturated carbocycles. The number of nitrogens with zero attached hydrogens (tertiary/aromatic N) is 3. The zero-order valence-corrected chi connectivity index (χ0v) is 19.5. The highest BCUT2D eigenvalue weighted by Gasteiger charge is 2.50. The Hall–Kier alpha value is -3.53. The minimum atomic E-state index is -1.01. The van der Waals surface area contributed by atoms with E-state index in [9.17, 15) is 9.59 Å². The number of rotatable bonds is 5. The minimum absolute atomic E-state index is 0.153. The van der Waals surface area contributed by atoms with Crippen molar-refractivity contribution in [2.24, 2.45) is 5.73 Å². The van der Waals surface area contributed by atoms with Crippen LogP contribution in [0.1, 0.15) is 29.7 Å². The smallest absolute Gasteiger partial charge is 0.409 e. The van der Waals surface area contributed by atoms with Crippen molar-refractivity contribution in [3.05, 3.63) is 58.9 Å². The first-order valence-corrected chi connectivity index (χ1v) is 11.5. The zero-order chi connectivity index (χ0) is 24.9.